The van der Waals surface area contributed by atoms with Gasteiger partial charge in [0.05, 0.1) is 18.4 Å². The quantitative estimate of drug-likeness (QED) is 0.798. The van der Waals surface area contributed by atoms with Gasteiger partial charge in [-0.3, -0.25) is 9.59 Å². The van der Waals surface area contributed by atoms with Crippen LogP contribution in [-0.2, 0) is 4.79 Å². The Kier molecular flexibility index (Phi) is 6.60. The van der Waals surface area contributed by atoms with E-state index in [1.165, 1.54) is 0 Å². The first-order valence-electron chi connectivity index (χ1n) is 8.42. The summed E-state index contributed by atoms with van der Waals surface area (Å²) < 4.78 is 10.7. The number of rotatable bonds is 7. The highest BCUT2D eigenvalue weighted by atomic mass is 16.5. The molecular formula is C20H24N2O4. The third kappa shape index (κ3) is 5.24. The van der Waals surface area contributed by atoms with Crippen molar-refractivity contribution in [2.24, 2.45) is 0 Å². The van der Waals surface area contributed by atoms with Gasteiger partial charge in [-0.15, -0.1) is 0 Å². The first-order chi connectivity index (χ1) is 12.4. The molecule has 2 aromatic rings. The highest BCUT2D eigenvalue weighted by Crippen LogP contribution is 2.19. The molecular weight excluding hydrogens is 332 g/mol. The van der Waals surface area contributed by atoms with Gasteiger partial charge < -0.3 is 20.1 Å². The zero-order chi connectivity index (χ0) is 19.1. The van der Waals surface area contributed by atoms with Crippen LogP contribution in [0.5, 0.6) is 11.5 Å². The third-order valence-electron chi connectivity index (χ3n) is 3.59. The summed E-state index contributed by atoms with van der Waals surface area (Å²) >= 11 is 0. The van der Waals surface area contributed by atoms with Gasteiger partial charge in [0.1, 0.15) is 11.5 Å². The second kappa shape index (κ2) is 8.89. The van der Waals surface area contributed by atoms with Crippen LogP contribution in [0, 0.1) is 0 Å². The molecule has 0 aliphatic heterocycles. The lowest BCUT2D eigenvalue weighted by atomic mass is 10.1. The van der Waals surface area contributed by atoms with Crippen LogP contribution in [0.3, 0.4) is 0 Å². The molecule has 0 aliphatic carbocycles. The Balaban J connectivity index is 2.05. The maximum absolute atomic E-state index is 12.4. The zero-order valence-corrected chi connectivity index (χ0v) is 15.4. The molecule has 2 aromatic carbocycles. The normalized spacial score (nSPS) is 11.6. The average Bonchev–Trinajstić information content (AvgIpc) is 2.62. The Morgan fingerprint density at radius 3 is 2.15 bits per heavy atom. The van der Waals surface area contributed by atoms with Crippen molar-refractivity contribution in [1.82, 2.24) is 5.32 Å². The lowest BCUT2D eigenvalue weighted by molar-refractivity contribution is -0.122. The molecule has 0 radical (unpaired) electrons. The number of carbonyl (C=O) groups excluding carboxylic acids is 2. The standard InChI is InChI=1S/C20H24N2O4/c1-13(2)21-20(24)17-7-5-6-8-18(17)22-19(23)14(3)26-16-11-9-15(25-4)10-12-16/h5-14H,1-4H3,(H,21,24)(H,22,23). The SMILES string of the molecule is COc1ccc(OC(C)C(=O)Nc2ccccc2C(=O)NC(C)C)cc1. The van der Waals surface area contributed by atoms with Crippen LogP contribution >= 0.6 is 0 Å². The van der Waals surface area contributed by atoms with Crippen molar-refractivity contribution >= 4 is 17.5 Å². The maximum Gasteiger partial charge on any atom is 0.265 e. The molecule has 6 heteroatoms. The molecule has 0 bridgehead atoms. The van der Waals surface area contributed by atoms with E-state index in [0.717, 1.165) is 0 Å². The smallest absolute Gasteiger partial charge is 0.265 e. The molecule has 0 aliphatic rings. The summed E-state index contributed by atoms with van der Waals surface area (Å²) in [6.07, 6.45) is -0.732. The molecule has 0 aromatic heterocycles. The van der Waals surface area contributed by atoms with Crippen molar-refractivity contribution in [1.29, 1.82) is 0 Å². The zero-order valence-electron chi connectivity index (χ0n) is 15.4. The van der Waals surface area contributed by atoms with E-state index in [1.54, 1.807) is 62.6 Å². The largest absolute Gasteiger partial charge is 0.497 e. The number of para-hydroxylation sites is 1. The van der Waals surface area contributed by atoms with Gasteiger partial charge in [-0.2, -0.15) is 0 Å². The van der Waals surface area contributed by atoms with Crippen molar-refractivity contribution in [3.05, 3.63) is 54.1 Å². The minimum Gasteiger partial charge on any atom is -0.497 e. The molecule has 6 nitrogen and oxygen atoms in total. The fourth-order valence-electron chi connectivity index (χ4n) is 2.28. The molecule has 1 unspecified atom stereocenters. The van der Waals surface area contributed by atoms with Gasteiger partial charge in [0.25, 0.3) is 11.8 Å². The minimum atomic E-state index is -0.732. The predicted octanol–water partition coefficient (Wildman–Crippen LogP) is 3.24. The average molecular weight is 356 g/mol. The van der Waals surface area contributed by atoms with Crippen LogP contribution in [-0.4, -0.2) is 31.1 Å². The summed E-state index contributed by atoms with van der Waals surface area (Å²) in [5.74, 6) is 0.684. The van der Waals surface area contributed by atoms with E-state index in [-0.39, 0.29) is 17.9 Å². The van der Waals surface area contributed by atoms with Crippen molar-refractivity contribution < 1.29 is 19.1 Å². The van der Waals surface area contributed by atoms with Gasteiger partial charge in [-0.1, -0.05) is 12.1 Å². The molecule has 0 spiro atoms. The number of amides is 2. The molecule has 0 saturated heterocycles. The summed E-state index contributed by atoms with van der Waals surface area (Å²) in [6.45, 7) is 5.41. The number of anilines is 1. The summed E-state index contributed by atoms with van der Waals surface area (Å²) in [4.78, 5) is 24.7. The van der Waals surface area contributed by atoms with E-state index in [2.05, 4.69) is 10.6 Å². The molecule has 138 valence electrons. The molecule has 1 atom stereocenters. The Morgan fingerprint density at radius 1 is 0.923 bits per heavy atom. The molecule has 0 saturated carbocycles. The van der Waals surface area contributed by atoms with E-state index >= 15 is 0 Å². The van der Waals surface area contributed by atoms with Gasteiger partial charge in [0.2, 0.25) is 0 Å². The molecule has 2 amide bonds. The number of nitrogens with one attached hydrogen (secondary N) is 2. The number of benzene rings is 2. The van der Waals surface area contributed by atoms with E-state index in [1.807, 2.05) is 13.8 Å². The van der Waals surface area contributed by atoms with E-state index in [0.29, 0.717) is 22.7 Å². The second-order valence-corrected chi connectivity index (χ2v) is 6.10. The van der Waals surface area contributed by atoms with Gasteiger partial charge in [-0.05, 0) is 57.2 Å². The van der Waals surface area contributed by atoms with E-state index in [4.69, 9.17) is 9.47 Å². The number of hydrogen-bond donors (Lipinski definition) is 2. The van der Waals surface area contributed by atoms with Crippen LogP contribution in [0.15, 0.2) is 48.5 Å². The van der Waals surface area contributed by atoms with Crippen LogP contribution in [0.2, 0.25) is 0 Å². The van der Waals surface area contributed by atoms with Crippen LogP contribution in [0.25, 0.3) is 0 Å². The van der Waals surface area contributed by atoms with Crippen molar-refractivity contribution in [2.75, 3.05) is 12.4 Å². The van der Waals surface area contributed by atoms with E-state index in [9.17, 15) is 9.59 Å². The van der Waals surface area contributed by atoms with Crippen molar-refractivity contribution in [3.63, 3.8) is 0 Å². The summed E-state index contributed by atoms with van der Waals surface area (Å²) in [6, 6.07) is 13.8. The molecule has 0 fully saturated rings. The monoisotopic (exact) mass is 356 g/mol. The van der Waals surface area contributed by atoms with Gasteiger partial charge in [0.15, 0.2) is 6.10 Å². The predicted molar refractivity (Wildman–Crippen MR) is 101 cm³/mol. The first-order valence-corrected chi connectivity index (χ1v) is 8.42. The molecule has 2 rings (SSSR count). The fourth-order valence-corrected chi connectivity index (χ4v) is 2.28. The molecule has 26 heavy (non-hydrogen) atoms. The third-order valence-corrected chi connectivity index (χ3v) is 3.59. The van der Waals surface area contributed by atoms with Crippen LogP contribution in [0.1, 0.15) is 31.1 Å². The number of hydrogen-bond acceptors (Lipinski definition) is 4. The second-order valence-electron chi connectivity index (χ2n) is 6.10. The van der Waals surface area contributed by atoms with Crippen LogP contribution in [0.4, 0.5) is 5.69 Å². The van der Waals surface area contributed by atoms with Gasteiger partial charge >= 0.3 is 0 Å². The van der Waals surface area contributed by atoms with Crippen molar-refractivity contribution in [3.8, 4) is 11.5 Å². The Labute approximate surface area is 153 Å². The number of ether oxygens (including phenoxy) is 2. The highest BCUT2D eigenvalue weighted by Gasteiger charge is 2.18. The lowest BCUT2D eigenvalue weighted by Crippen LogP contribution is -2.33. The number of carbonyl (C=O) groups is 2. The number of methoxy groups -OCH3 is 1. The molecule has 2 N–H and O–H groups in total. The topological polar surface area (TPSA) is 76.7 Å². The van der Waals surface area contributed by atoms with Crippen LogP contribution < -0.4 is 20.1 Å². The minimum absolute atomic E-state index is 0.00332. The van der Waals surface area contributed by atoms with Gasteiger partial charge in [0, 0.05) is 6.04 Å². The van der Waals surface area contributed by atoms with Crippen molar-refractivity contribution in [2.45, 2.75) is 32.9 Å². The Morgan fingerprint density at radius 2 is 1.54 bits per heavy atom. The maximum atomic E-state index is 12.4. The lowest BCUT2D eigenvalue weighted by Gasteiger charge is -2.17. The summed E-state index contributed by atoms with van der Waals surface area (Å²) in [7, 11) is 1.58. The van der Waals surface area contributed by atoms with Gasteiger partial charge in [-0.25, -0.2) is 0 Å². The molecule has 0 heterocycles. The Hall–Kier alpha value is -3.02. The summed E-state index contributed by atoms with van der Waals surface area (Å²) in [5.41, 5.74) is 0.854. The fraction of sp³-hybridized carbons (Fsp3) is 0.300. The van der Waals surface area contributed by atoms with E-state index < -0.39 is 6.10 Å². The summed E-state index contributed by atoms with van der Waals surface area (Å²) in [5, 5.41) is 5.58. The Bertz CT molecular complexity index is 757. The highest BCUT2D eigenvalue weighted by molar-refractivity contribution is 6.04. The first kappa shape index (κ1) is 19.3.